The quantitative estimate of drug-likeness (QED) is 0.200. The molecular weight excluding hydrogens is 272 g/mol. The van der Waals surface area contributed by atoms with E-state index in [1.165, 1.54) is 64.7 Å². The van der Waals surface area contributed by atoms with E-state index in [2.05, 4.69) is 19.6 Å². The number of carbonyl (C=O) groups excluding carboxylic acids is 1. The molecule has 0 aliphatic rings. The molecule has 0 fully saturated rings. The molecule has 0 saturated carbocycles. The van der Waals surface area contributed by atoms with Crippen LogP contribution in [0.15, 0.2) is 24.8 Å². The summed E-state index contributed by atoms with van der Waals surface area (Å²) in [5.41, 5.74) is 0. The Balaban J connectivity index is 3.63. The third-order valence-corrected chi connectivity index (χ3v) is 3.88. The van der Waals surface area contributed by atoms with E-state index in [9.17, 15) is 4.79 Å². The highest BCUT2D eigenvalue weighted by molar-refractivity contribution is 5.66. The summed E-state index contributed by atoms with van der Waals surface area (Å²) in [5, 5.41) is 0. The van der Waals surface area contributed by atoms with Gasteiger partial charge in [-0.15, -0.1) is 0 Å². The molecule has 2 nitrogen and oxygen atoms in total. The standard InChI is InChI=1S/C20H36O2/c1-4-6-8-10-11-12-13-14-16-18-20(22-19(3)21)17-15-9-7-5-2/h4,6,8,20H,1,5,7,9-18H2,2-3H3. The zero-order chi connectivity index (χ0) is 16.5. The molecule has 0 N–H and O–H groups in total. The van der Waals surface area contributed by atoms with E-state index in [0.717, 1.165) is 19.3 Å². The van der Waals surface area contributed by atoms with Crippen LogP contribution in [0.2, 0.25) is 0 Å². The largest absolute Gasteiger partial charge is 0.463 e. The lowest BCUT2D eigenvalue weighted by Crippen LogP contribution is -2.16. The van der Waals surface area contributed by atoms with Crippen molar-refractivity contribution in [1.82, 2.24) is 0 Å². The van der Waals surface area contributed by atoms with Gasteiger partial charge in [-0.3, -0.25) is 4.79 Å². The third-order valence-electron chi connectivity index (χ3n) is 3.88. The van der Waals surface area contributed by atoms with Gasteiger partial charge < -0.3 is 4.74 Å². The Labute approximate surface area is 138 Å². The summed E-state index contributed by atoms with van der Waals surface area (Å²) < 4.78 is 5.45. The van der Waals surface area contributed by atoms with Crippen LogP contribution in [0.3, 0.4) is 0 Å². The van der Waals surface area contributed by atoms with Crippen molar-refractivity contribution in [3.05, 3.63) is 24.8 Å². The van der Waals surface area contributed by atoms with E-state index in [1.807, 2.05) is 12.2 Å². The van der Waals surface area contributed by atoms with Crippen molar-refractivity contribution in [1.29, 1.82) is 0 Å². The Kier molecular flexibility index (Phi) is 15.5. The minimum absolute atomic E-state index is 0.130. The molecule has 1 unspecified atom stereocenters. The smallest absolute Gasteiger partial charge is 0.302 e. The predicted octanol–water partition coefficient (Wildman–Crippen LogP) is 6.36. The molecule has 0 heterocycles. The summed E-state index contributed by atoms with van der Waals surface area (Å²) in [6.07, 6.45) is 20.6. The van der Waals surface area contributed by atoms with Crippen molar-refractivity contribution >= 4 is 5.97 Å². The molecular formula is C20H36O2. The molecule has 128 valence electrons. The molecule has 1 atom stereocenters. The van der Waals surface area contributed by atoms with Gasteiger partial charge in [0.2, 0.25) is 0 Å². The second-order valence-electron chi connectivity index (χ2n) is 6.09. The molecule has 0 spiro atoms. The van der Waals surface area contributed by atoms with Crippen LogP contribution in [0.5, 0.6) is 0 Å². The van der Waals surface area contributed by atoms with E-state index < -0.39 is 0 Å². The van der Waals surface area contributed by atoms with Crippen molar-refractivity contribution in [3.63, 3.8) is 0 Å². The Bertz CT molecular complexity index is 294. The Morgan fingerprint density at radius 2 is 1.59 bits per heavy atom. The second kappa shape index (κ2) is 16.3. The van der Waals surface area contributed by atoms with Gasteiger partial charge in [-0.25, -0.2) is 0 Å². The number of unbranched alkanes of at least 4 members (excludes halogenated alkanes) is 8. The van der Waals surface area contributed by atoms with Gasteiger partial charge >= 0.3 is 5.97 Å². The van der Waals surface area contributed by atoms with Gasteiger partial charge in [0.1, 0.15) is 6.10 Å². The topological polar surface area (TPSA) is 26.3 Å². The first-order valence-electron chi connectivity index (χ1n) is 9.15. The van der Waals surface area contributed by atoms with Gasteiger partial charge in [-0.1, -0.05) is 70.3 Å². The van der Waals surface area contributed by atoms with Crippen LogP contribution in [0, 0.1) is 0 Å². The van der Waals surface area contributed by atoms with Gasteiger partial charge in [0.15, 0.2) is 0 Å². The van der Waals surface area contributed by atoms with Gasteiger partial charge in [0.25, 0.3) is 0 Å². The summed E-state index contributed by atoms with van der Waals surface area (Å²) >= 11 is 0. The maximum absolute atomic E-state index is 11.2. The van der Waals surface area contributed by atoms with Crippen LogP contribution >= 0.6 is 0 Å². The number of esters is 1. The number of ether oxygens (including phenoxy) is 1. The van der Waals surface area contributed by atoms with Crippen molar-refractivity contribution in [3.8, 4) is 0 Å². The number of allylic oxidation sites excluding steroid dienone is 3. The minimum Gasteiger partial charge on any atom is -0.463 e. The van der Waals surface area contributed by atoms with E-state index in [4.69, 9.17) is 4.74 Å². The molecule has 0 amide bonds. The molecule has 0 rings (SSSR count). The van der Waals surface area contributed by atoms with E-state index in [0.29, 0.717) is 0 Å². The molecule has 0 aliphatic carbocycles. The Morgan fingerprint density at radius 3 is 2.18 bits per heavy atom. The van der Waals surface area contributed by atoms with E-state index in [1.54, 1.807) is 0 Å². The monoisotopic (exact) mass is 308 g/mol. The highest BCUT2D eigenvalue weighted by Crippen LogP contribution is 2.16. The Hall–Kier alpha value is -1.05. The average Bonchev–Trinajstić information content (AvgIpc) is 2.49. The fourth-order valence-corrected chi connectivity index (χ4v) is 2.65. The van der Waals surface area contributed by atoms with Gasteiger partial charge in [-0.2, -0.15) is 0 Å². The highest BCUT2D eigenvalue weighted by Gasteiger charge is 2.11. The molecule has 0 saturated heterocycles. The average molecular weight is 309 g/mol. The number of carbonyl (C=O) groups is 1. The summed E-state index contributed by atoms with van der Waals surface area (Å²) in [6, 6.07) is 0. The maximum atomic E-state index is 11.2. The summed E-state index contributed by atoms with van der Waals surface area (Å²) in [4.78, 5) is 11.2. The fraction of sp³-hybridized carbons (Fsp3) is 0.750. The van der Waals surface area contributed by atoms with Crippen molar-refractivity contribution in [2.75, 3.05) is 0 Å². The normalized spacial score (nSPS) is 12.5. The van der Waals surface area contributed by atoms with Gasteiger partial charge in [-0.05, 0) is 38.5 Å². The summed E-state index contributed by atoms with van der Waals surface area (Å²) in [6.45, 7) is 7.41. The van der Waals surface area contributed by atoms with E-state index in [-0.39, 0.29) is 12.1 Å². The fourth-order valence-electron chi connectivity index (χ4n) is 2.65. The first-order chi connectivity index (χ1) is 10.7. The van der Waals surface area contributed by atoms with Gasteiger partial charge in [0.05, 0.1) is 0 Å². The molecule has 0 bridgehead atoms. The third kappa shape index (κ3) is 15.3. The van der Waals surface area contributed by atoms with Crippen molar-refractivity contribution < 1.29 is 9.53 Å². The molecule has 0 radical (unpaired) electrons. The highest BCUT2D eigenvalue weighted by atomic mass is 16.5. The van der Waals surface area contributed by atoms with Crippen LogP contribution in [-0.2, 0) is 9.53 Å². The first-order valence-corrected chi connectivity index (χ1v) is 9.15. The molecule has 0 aromatic heterocycles. The van der Waals surface area contributed by atoms with Crippen LogP contribution in [0.1, 0.15) is 90.9 Å². The molecule has 22 heavy (non-hydrogen) atoms. The number of rotatable bonds is 15. The maximum Gasteiger partial charge on any atom is 0.302 e. The Morgan fingerprint density at radius 1 is 1.00 bits per heavy atom. The van der Waals surface area contributed by atoms with E-state index >= 15 is 0 Å². The summed E-state index contributed by atoms with van der Waals surface area (Å²) in [7, 11) is 0. The molecule has 0 aliphatic heterocycles. The van der Waals surface area contributed by atoms with Crippen molar-refractivity contribution in [2.24, 2.45) is 0 Å². The van der Waals surface area contributed by atoms with Crippen LogP contribution in [0.4, 0.5) is 0 Å². The number of hydrogen-bond donors (Lipinski definition) is 0. The SMILES string of the molecule is C=CC=CCCCCCCCC(CCCCCC)OC(C)=O. The van der Waals surface area contributed by atoms with Gasteiger partial charge in [0, 0.05) is 6.92 Å². The van der Waals surface area contributed by atoms with Crippen LogP contribution < -0.4 is 0 Å². The minimum atomic E-state index is -0.130. The molecule has 2 heteroatoms. The zero-order valence-electron chi connectivity index (χ0n) is 14.8. The number of hydrogen-bond acceptors (Lipinski definition) is 2. The van der Waals surface area contributed by atoms with Crippen molar-refractivity contribution in [2.45, 2.75) is 97.0 Å². The summed E-state index contributed by atoms with van der Waals surface area (Å²) in [5.74, 6) is -0.130. The zero-order valence-corrected chi connectivity index (χ0v) is 14.8. The second-order valence-corrected chi connectivity index (χ2v) is 6.09. The predicted molar refractivity (Wildman–Crippen MR) is 96.0 cm³/mol. The molecule has 0 aromatic rings. The van der Waals surface area contributed by atoms with Crippen LogP contribution in [0.25, 0.3) is 0 Å². The first kappa shape index (κ1) is 20.9. The lowest BCUT2D eigenvalue weighted by molar-refractivity contribution is -0.147. The lowest BCUT2D eigenvalue weighted by Gasteiger charge is -2.16. The lowest BCUT2D eigenvalue weighted by atomic mass is 10.0. The molecule has 0 aromatic carbocycles. The van der Waals surface area contributed by atoms with Crippen LogP contribution in [-0.4, -0.2) is 12.1 Å².